The molecule has 1 aromatic heterocycles. The van der Waals surface area contributed by atoms with E-state index in [4.69, 9.17) is 4.42 Å². The zero-order valence-corrected chi connectivity index (χ0v) is 10.5. The number of carbonyl (C=O) groups excluding carboxylic acids is 1. The van der Waals surface area contributed by atoms with Crippen molar-refractivity contribution in [2.24, 2.45) is 0 Å². The molecular formula is C15H14FNO2. The minimum absolute atomic E-state index is 0.160. The third-order valence-electron chi connectivity index (χ3n) is 2.57. The maximum atomic E-state index is 13.3. The van der Waals surface area contributed by atoms with Crippen molar-refractivity contribution in [3.63, 3.8) is 0 Å². The van der Waals surface area contributed by atoms with E-state index in [0.717, 1.165) is 5.76 Å². The molecule has 0 unspecified atom stereocenters. The Bertz CT molecular complexity index is 602. The zero-order valence-electron chi connectivity index (χ0n) is 10.5. The van der Waals surface area contributed by atoms with Gasteiger partial charge in [-0.1, -0.05) is 18.2 Å². The fraction of sp³-hybridized carbons (Fsp3) is 0.133. The maximum absolute atomic E-state index is 13.3. The fourth-order valence-corrected chi connectivity index (χ4v) is 1.58. The molecule has 0 aliphatic rings. The van der Waals surface area contributed by atoms with Crippen LogP contribution in [0.5, 0.6) is 0 Å². The molecule has 2 rings (SSSR count). The monoisotopic (exact) mass is 259 g/mol. The molecule has 0 aliphatic heterocycles. The summed E-state index contributed by atoms with van der Waals surface area (Å²) < 4.78 is 18.6. The predicted molar refractivity (Wildman–Crippen MR) is 70.7 cm³/mol. The molecule has 1 aromatic carbocycles. The summed E-state index contributed by atoms with van der Waals surface area (Å²) >= 11 is 0. The Hall–Kier alpha value is -2.36. The van der Waals surface area contributed by atoms with Crippen molar-refractivity contribution in [1.82, 2.24) is 5.32 Å². The largest absolute Gasteiger partial charge is 0.462 e. The third kappa shape index (κ3) is 3.81. The summed E-state index contributed by atoms with van der Waals surface area (Å²) in [5.74, 6) is 0.774. The van der Waals surface area contributed by atoms with Crippen LogP contribution in [0.2, 0.25) is 0 Å². The fourth-order valence-electron chi connectivity index (χ4n) is 1.58. The molecule has 1 N–H and O–H groups in total. The standard InChI is InChI=1S/C15H14FNO2/c1-11-6-7-13(19-11)8-9-15(18)17-10-12-4-2-3-5-14(12)16/h2-9H,10H2,1H3,(H,17,18)/b9-8+. The van der Waals surface area contributed by atoms with Crippen molar-refractivity contribution < 1.29 is 13.6 Å². The Morgan fingerprint density at radius 1 is 1.32 bits per heavy atom. The lowest BCUT2D eigenvalue weighted by atomic mass is 10.2. The lowest BCUT2D eigenvalue weighted by Crippen LogP contribution is -2.20. The molecular weight excluding hydrogens is 245 g/mol. The molecule has 3 nitrogen and oxygen atoms in total. The van der Waals surface area contributed by atoms with Gasteiger partial charge in [0.05, 0.1) is 0 Å². The second-order valence-corrected chi connectivity index (χ2v) is 4.09. The second kappa shape index (κ2) is 6.00. The minimum Gasteiger partial charge on any atom is -0.462 e. The Morgan fingerprint density at radius 2 is 2.11 bits per heavy atom. The number of aryl methyl sites for hydroxylation is 1. The van der Waals surface area contributed by atoms with Crippen molar-refractivity contribution in [1.29, 1.82) is 0 Å². The van der Waals surface area contributed by atoms with Crippen molar-refractivity contribution >= 4 is 12.0 Å². The average molecular weight is 259 g/mol. The molecule has 1 amide bonds. The molecule has 0 radical (unpaired) electrons. The lowest BCUT2D eigenvalue weighted by Gasteiger charge is -2.03. The van der Waals surface area contributed by atoms with Gasteiger partial charge in [-0.25, -0.2) is 4.39 Å². The van der Waals surface area contributed by atoms with Gasteiger partial charge >= 0.3 is 0 Å². The molecule has 0 fully saturated rings. The number of hydrogen-bond donors (Lipinski definition) is 1. The summed E-state index contributed by atoms with van der Waals surface area (Å²) in [4.78, 5) is 11.5. The smallest absolute Gasteiger partial charge is 0.244 e. The highest BCUT2D eigenvalue weighted by molar-refractivity contribution is 5.91. The van der Waals surface area contributed by atoms with E-state index in [-0.39, 0.29) is 18.3 Å². The van der Waals surface area contributed by atoms with Crippen LogP contribution in [0.25, 0.3) is 6.08 Å². The van der Waals surface area contributed by atoms with E-state index in [1.54, 1.807) is 30.3 Å². The highest BCUT2D eigenvalue weighted by atomic mass is 19.1. The van der Waals surface area contributed by atoms with E-state index in [2.05, 4.69) is 5.32 Å². The lowest BCUT2D eigenvalue weighted by molar-refractivity contribution is -0.116. The number of hydrogen-bond acceptors (Lipinski definition) is 2. The quantitative estimate of drug-likeness (QED) is 0.857. The zero-order chi connectivity index (χ0) is 13.7. The van der Waals surface area contributed by atoms with Gasteiger partial charge in [0.15, 0.2) is 0 Å². The summed E-state index contributed by atoms with van der Waals surface area (Å²) in [6.45, 7) is 1.99. The highest BCUT2D eigenvalue weighted by Crippen LogP contribution is 2.08. The van der Waals surface area contributed by atoms with Crippen LogP contribution in [0.1, 0.15) is 17.1 Å². The van der Waals surface area contributed by atoms with Gasteiger partial charge < -0.3 is 9.73 Å². The van der Waals surface area contributed by atoms with Crippen molar-refractivity contribution in [2.45, 2.75) is 13.5 Å². The third-order valence-corrected chi connectivity index (χ3v) is 2.57. The van der Waals surface area contributed by atoms with Crippen LogP contribution >= 0.6 is 0 Å². The molecule has 0 spiro atoms. The van der Waals surface area contributed by atoms with Gasteiger partial charge in [0.2, 0.25) is 5.91 Å². The van der Waals surface area contributed by atoms with Gasteiger partial charge in [0.1, 0.15) is 17.3 Å². The highest BCUT2D eigenvalue weighted by Gasteiger charge is 2.02. The Morgan fingerprint density at radius 3 is 2.79 bits per heavy atom. The summed E-state index contributed by atoms with van der Waals surface area (Å²) in [5.41, 5.74) is 0.457. The summed E-state index contributed by atoms with van der Waals surface area (Å²) in [6, 6.07) is 9.93. The molecule has 98 valence electrons. The van der Waals surface area contributed by atoms with Crippen molar-refractivity contribution in [2.75, 3.05) is 0 Å². The molecule has 4 heteroatoms. The normalized spacial score (nSPS) is 10.8. The first-order valence-electron chi connectivity index (χ1n) is 5.91. The van der Waals surface area contributed by atoms with Crippen LogP contribution in [-0.4, -0.2) is 5.91 Å². The Labute approximate surface area is 110 Å². The number of halogens is 1. The molecule has 19 heavy (non-hydrogen) atoms. The molecule has 0 bridgehead atoms. The van der Waals surface area contributed by atoms with Gasteiger partial charge in [-0.05, 0) is 31.2 Å². The average Bonchev–Trinajstić information content (AvgIpc) is 2.81. The molecule has 0 saturated heterocycles. The number of furan rings is 1. The predicted octanol–water partition coefficient (Wildman–Crippen LogP) is 3.06. The molecule has 0 atom stereocenters. The van der Waals surface area contributed by atoms with Gasteiger partial charge in [-0.3, -0.25) is 4.79 Å². The van der Waals surface area contributed by atoms with Crippen molar-refractivity contribution in [3.05, 3.63) is 65.4 Å². The first kappa shape index (κ1) is 13.1. The van der Waals surface area contributed by atoms with E-state index in [0.29, 0.717) is 11.3 Å². The number of carbonyl (C=O) groups is 1. The van der Waals surface area contributed by atoms with Gasteiger partial charge in [-0.2, -0.15) is 0 Å². The van der Waals surface area contributed by atoms with E-state index in [9.17, 15) is 9.18 Å². The Kier molecular flexibility index (Phi) is 4.13. The van der Waals surface area contributed by atoms with Crippen molar-refractivity contribution in [3.8, 4) is 0 Å². The van der Waals surface area contributed by atoms with Gasteiger partial charge in [0, 0.05) is 18.2 Å². The first-order chi connectivity index (χ1) is 9.15. The summed E-state index contributed by atoms with van der Waals surface area (Å²) in [7, 11) is 0. The maximum Gasteiger partial charge on any atom is 0.244 e. The van der Waals surface area contributed by atoms with E-state index in [1.807, 2.05) is 13.0 Å². The van der Waals surface area contributed by atoms with Crippen LogP contribution in [0.15, 0.2) is 46.9 Å². The van der Waals surface area contributed by atoms with Gasteiger partial charge in [-0.15, -0.1) is 0 Å². The number of amides is 1. The minimum atomic E-state index is -0.326. The van der Waals surface area contributed by atoms with Crippen LogP contribution in [0, 0.1) is 12.7 Å². The SMILES string of the molecule is Cc1ccc(/C=C/C(=O)NCc2ccccc2F)o1. The number of benzene rings is 1. The number of rotatable bonds is 4. The molecule has 2 aromatic rings. The van der Waals surface area contributed by atoms with Crippen LogP contribution in [0.4, 0.5) is 4.39 Å². The number of nitrogens with one attached hydrogen (secondary N) is 1. The molecule has 1 heterocycles. The topological polar surface area (TPSA) is 42.2 Å². The first-order valence-corrected chi connectivity index (χ1v) is 5.91. The van der Waals surface area contributed by atoms with Crippen LogP contribution < -0.4 is 5.32 Å². The summed E-state index contributed by atoms with van der Waals surface area (Å²) in [6.07, 6.45) is 2.93. The van der Waals surface area contributed by atoms with Gasteiger partial charge in [0.25, 0.3) is 0 Å². The molecule has 0 saturated carbocycles. The van der Waals surface area contributed by atoms with E-state index < -0.39 is 0 Å². The van der Waals surface area contributed by atoms with Crippen LogP contribution in [0.3, 0.4) is 0 Å². The van der Waals surface area contributed by atoms with Crippen LogP contribution in [-0.2, 0) is 11.3 Å². The second-order valence-electron chi connectivity index (χ2n) is 4.09. The molecule has 0 aliphatic carbocycles. The van der Waals surface area contributed by atoms with E-state index in [1.165, 1.54) is 12.1 Å². The van der Waals surface area contributed by atoms with E-state index >= 15 is 0 Å². The summed E-state index contributed by atoms with van der Waals surface area (Å²) in [5, 5.41) is 2.61. The Balaban J connectivity index is 1.88.